The number of ether oxygens (including phenoxy) is 5. The average Bonchev–Trinajstić information content (AvgIpc) is 1.51. The lowest BCUT2D eigenvalue weighted by Gasteiger charge is -2.22. The summed E-state index contributed by atoms with van der Waals surface area (Å²) in [6, 6.07) is 58.7. The van der Waals surface area contributed by atoms with E-state index >= 15 is 0 Å². The van der Waals surface area contributed by atoms with Gasteiger partial charge in [-0.2, -0.15) is 0 Å². The van der Waals surface area contributed by atoms with Crippen LogP contribution in [0.25, 0.3) is 153 Å². The van der Waals surface area contributed by atoms with Gasteiger partial charge in [0.25, 0.3) is 0 Å². The quantitative estimate of drug-likeness (QED) is 0.0332. The number of hydrogen-bond acceptors (Lipinski definition) is 25. The summed E-state index contributed by atoms with van der Waals surface area (Å²) in [4.78, 5) is 66.1. The van der Waals surface area contributed by atoms with Gasteiger partial charge in [0.15, 0.2) is 40.8 Å². The molecule has 1 fully saturated rings. The molecule has 12 heterocycles. The maximum Gasteiger partial charge on any atom is 0.199 e. The van der Waals surface area contributed by atoms with Gasteiger partial charge in [0.1, 0.15) is 54.0 Å². The molecular weight excluding hydrogens is 1650 g/mol. The third-order valence-corrected chi connectivity index (χ3v) is 26.2. The van der Waals surface area contributed by atoms with Crippen molar-refractivity contribution in [1.82, 2.24) is 78.1 Å². The van der Waals surface area contributed by atoms with Crippen molar-refractivity contribution < 1.29 is 23.7 Å². The number of rotatable bonds is 28. The molecule has 642 valence electrons. The van der Waals surface area contributed by atoms with Crippen molar-refractivity contribution in [1.29, 1.82) is 0 Å². The summed E-state index contributed by atoms with van der Waals surface area (Å²) in [5.74, 6) is 9.35. The lowest BCUT2D eigenvalue weighted by Crippen LogP contribution is -2.10. The molecule has 1 saturated carbocycles. The van der Waals surface area contributed by atoms with Crippen LogP contribution in [0.5, 0.6) is 5.75 Å². The van der Waals surface area contributed by atoms with Crippen molar-refractivity contribution in [2.24, 2.45) is 28.2 Å². The molecule has 1 aliphatic carbocycles. The smallest absolute Gasteiger partial charge is 0.199 e. The van der Waals surface area contributed by atoms with Gasteiger partial charge in [0, 0.05) is 168 Å². The number of aryl methyl sites for hydroxylation is 6. The van der Waals surface area contributed by atoms with Crippen LogP contribution < -0.4 is 26.0 Å². The van der Waals surface area contributed by atoms with Crippen molar-refractivity contribution in [3.05, 3.63) is 235 Å². The first-order valence-electron chi connectivity index (χ1n) is 41.9. The Hall–Kier alpha value is -12.8. The lowest BCUT2D eigenvalue weighted by molar-refractivity contribution is 0.210. The zero-order valence-corrected chi connectivity index (χ0v) is 75.6. The summed E-state index contributed by atoms with van der Waals surface area (Å²) in [5.41, 5.74) is 13.7. The van der Waals surface area contributed by atoms with E-state index in [-0.39, 0.29) is 0 Å². The third-order valence-electron chi connectivity index (χ3n) is 21.7. The molecule has 12 aromatic heterocycles. The van der Waals surface area contributed by atoms with Gasteiger partial charge in [-0.3, -0.25) is 0 Å². The van der Waals surface area contributed by atoms with E-state index in [1.54, 1.807) is 94.5 Å². The summed E-state index contributed by atoms with van der Waals surface area (Å²) in [5, 5.41) is 18.1. The van der Waals surface area contributed by atoms with Crippen LogP contribution in [-0.4, -0.2) is 166 Å². The molecule has 0 saturated heterocycles. The Bertz CT molecular complexity index is 6680. The highest BCUT2D eigenvalue weighted by molar-refractivity contribution is 7.23. The molecule has 19 rings (SSSR count). The predicted octanol–water partition coefficient (Wildman–Crippen LogP) is 21.3. The lowest BCUT2D eigenvalue weighted by atomic mass is 9.85. The second kappa shape index (κ2) is 40.9. The average molecular weight is 1750 g/mol. The standard InChI is InChI=1S/C26H25N5O2S.C26H25N5OS.C25H29N5OS.C20H21N5OS/c1-31-15-13-28-25(31)24-29-23(27-14-16-32-2)21-20(17-9-11-19(33-3)12-10-17)22(34-26(21)30-24)18-7-5-4-6-8-18;1-17-8-7-11-19(16-17)22-20(18-9-5-4-6-10-18)21-23(27-13-15-32-3)29-24(30-26(21)33-22)25-28-12-14-31(25)2;1-30-15-13-27-24(30)23-28-22(26-14-16-31-2)20-19(17-9-5-3-6-10-17)21(32-25(20)29-23)18-11-7-4-8-12-18;1-13-16(14-7-5-4-6-8-14)17-19(21-9-10-26-3)23-18(24-20(17)27-13)15-11-25(2)12-22-15/h4-13,15H,14,16H2,1-3H3,(H,27,29,30);4-12,14,16H,13,15H2,1-3H3,(H,27,29,30);3,5-6,9-10,13,15,18H,4,7-8,11-12,14,16H2,1-2H3,(H,26,28,29);4-8,11-12H,9-10H2,1-3H3,(H,21,23,24). The van der Waals surface area contributed by atoms with E-state index in [4.69, 9.17) is 63.6 Å². The molecule has 0 bridgehead atoms. The number of anilines is 4. The van der Waals surface area contributed by atoms with E-state index in [1.807, 2.05) is 113 Å². The van der Waals surface area contributed by atoms with Gasteiger partial charge in [0.05, 0.1) is 61.4 Å². The number of methoxy groups -OCH3 is 5. The minimum absolute atomic E-state index is 0.566. The SMILES string of the molecule is COCCNc1nc(-c2cn(C)cn2)nc2sc(C)c(-c3ccccc3)c12.COCCNc1nc(-c2nccn2C)nc2sc(-c3cccc(C)c3)c(-c3ccccc3)c12.COCCNc1nc(-c2nccn2C)nc2sc(-c3ccccc3)c(-c3ccc(OC)cc3)c12.COCCNc1nc(-c2nccn2C)nc2sc(C3CCCCC3)c(-c3ccccc3)c12. The molecule has 0 amide bonds. The Balaban J connectivity index is 0.000000124. The number of aromatic nitrogens is 16. The van der Waals surface area contributed by atoms with E-state index in [0.29, 0.717) is 81.8 Å². The maximum atomic E-state index is 5.39. The summed E-state index contributed by atoms with van der Waals surface area (Å²) in [7, 11) is 16.3. The number of hydrogen-bond donors (Lipinski definition) is 4. The Morgan fingerprint density at radius 3 is 1.17 bits per heavy atom. The monoisotopic (exact) mass is 1750 g/mol. The summed E-state index contributed by atoms with van der Waals surface area (Å²) in [6.07, 6.45) is 21.2. The molecule has 4 N–H and O–H groups in total. The van der Waals surface area contributed by atoms with Gasteiger partial charge in [-0.1, -0.05) is 183 Å². The molecular formula is C97H100N20O5S4. The fourth-order valence-electron chi connectivity index (χ4n) is 15.6. The fourth-order valence-corrected chi connectivity index (χ4v) is 20.4. The van der Waals surface area contributed by atoms with Gasteiger partial charge in [-0.25, -0.2) is 59.8 Å². The first-order chi connectivity index (χ1) is 61.8. The van der Waals surface area contributed by atoms with Crippen LogP contribution in [-0.2, 0) is 47.1 Å². The van der Waals surface area contributed by atoms with Crippen LogP contribution in [0, 0.1) is 13.8 Å². The Morgan fingerprint density at radius 1 is 0.373 bits per heavy atom. The van der Waals surface area contributed by atoms with Crippen LogP contribution in [0.2, 0.25) is 0 Å². The van der Waals surface area contributed by atoms with E-state index in [0.717, 1.165) is 126 Å². The number of thiophene rings is 4. The summed E-state index contributed by atoms with van der Waals surface area (Å²) >= 11 is 6.88. The highest BCUT2D eigenvalue weighted by Gasteiger charge is 2.30. The van der Waals surface area contributed by atoms with Crippen molar-refractivity contribution in [2.45, 2.75) is 51.9 Å². The van der Waals surface area contributed by atoms with Crippen LogP contribution in [0.4, 0.5) is 23.3 Å². The van der Waals surface area contributed by atoms with Crippen LogP contribution in [0.15, 0.2) is 220 Å². The molecule has 0 radical (unpaired) electrons. The van der Waals surface area contributed by atoms with Crippen molar-refractivity contribution >= 4 is 109 Å². The molecule has 18 aromatic rings. The van der Waals surface area contributed by atoms with E-state index in [1.165, 1.54) is 80.1 Å². The van der Waals surface area contributed by atoms with Crippen molar-refractivity contribution in [3.8, 4) is 118 Å². The number of nitrogens with one attached hydrogen (secondary N) is 4. The molecule has 0 unspecified atom stereocenters. The van der Waals surface area contributed by atoms with Gasteiger partial charge < -0.3 is 63.2 Å². The maximum absolute atomic E-state index is 5.39. The highest BCUT2D eigenvalue weighted by Crippen LogP contribution is 2.52. The Labute approximate surface area is 748 Å². The van der Waals surface area contributed by atoms with E-state index in [9.17, 15) is 0 Å². The van der Waals surface area contributed by atoms with Gasteiger partial charge in [-0.05, 0) is 78.1 Å². The molecule has 0 aliphatic heterocycles. The van der Waals surface area contributed by atoms with Gasteiger partial charge in [-0.15, -0.1) is 45.3 Å². The summed E-state index contributed by atoms with van der Waals surface area (Å²) < 4.78 is 34.2. The molecule has 25 nitrogen and oxygen atoms in total. The minimum Gasteiger partial charge on any atom is -0.497 e. The molecule has 0 atom stereocenters. The van der Waals surface area contributed by atoms with Crippen LogP contribution in [0.3, 0.4) is 0 Å². The second-order valence-corrected chi connectivity index (χ2v) is 34.6. The van der Waals surface area contributed by atoms with Crippen molar-refractivity contribution in [3.63, 3.8) is 0 Å². The predicted molar refractivity (Wildman–Crippen MR) is 514 cm³/mol. The Morgan fingerprint density at radius 2 is 0.754 bits per heavy atom. The van der Waals surface area contributed by atoms with E-state index < -0.39 is 0 Å². The minimum atomic E-state index is 0.566. The Kier molecular flexibility index (Phi) is 28.1. The number of benzene rings is 6. The first-order valence-corrected chi connectivity index (χ1v) is 45.1. The molecule has 126 heavy (non-hydrogen) atoms. The van der Waals surface area contributed by atoms with Crippen LogP contribution in [0.1, 0.15) is 53.3 Å². The summed E-state index contributed by atoms with van der Waals surface area (Å²) in [6.45, 7) is 9.25. The topological polar surface area (TPSA) is 269 Å². The van der Waals surface area contributed by atoms with Crippen molar-refractivity contribution in [2.75, 3.05) is 109 Å². The third kappa shape index (κ3) is 19.3. The van der Waals surface area contributed by atoms with Gasteiger partial charge in [0.2, 0.25) is 0 Å². The molecule has 1 aliphatic rings. The van der Waals surface area contributed by atoms with Crippen LogP contribution >= 0.6 is 45.3 Å². The zero-order chi connectivity index (χ0) is 87.0. The highest BCUT2D eigenvalue weighted by atomic mass is 32.1. The van der Waals surface area contributed by atoms with E-state index in [2.05, 4.69) is 195 Å². The second-order valence-electron chi connectivity index (χ2n) is 30.4. The number of imidazole rings is 4. The molecule has 29 heteroatoms. The first kappa shape index (κ1) is 86.7. The molecule has 6 aromatic carbocycles. The largest absolute Gasteiger partial charge is 0.497 e. The number of nitrogens with zero attached hydrogens (tertiary/aromatic N) is 16. The zero-order valence-electron chi connectivity index (χ0n) is 72.4. The fraction of sp³-hybridized carbons (Fsp3) is 0.258. The molecule has 0 spiro atoms. The number of fused-ring (bicyclic) bond motifs is 4. The van der Waals surface area contributed by atoms with Gasteiger partial charge >= 0.3 is 0 Å². The normalized spacial score (nSPS) is 12.1.